The fourth-order valence-electron chi connectivity index (χ4n) is 3.22. The molecule has 8 nitrogen and oxygen atoms in total. The second-order valence-electron chi connectivity index (χ2n) is 6.42. The van der Waals surface area contributed by atoms with Gasteiger partial charge in [0.05, 0.1) is 4.92 Å². The Hall–Kier alpha value is -2.59. The van der Waals surface area contributed by atoms with E-state index < -0.39 is 16.6 Å². The number of nitro groups is 1. The predicted molar refractivity (Wildman–Crippen MR) is 99.3 cm³/mol. The number of hydrogen-bond acceptors (Lipinski definition) is 5. The molecule has 1 amide bonds. The molecule has 0 radical (unpaired) electrons. The number of aryl methyl sites for hydroxylation is 1. The van der Waals surface area contributed by atoms with Gasteiger partial charge in [-0.3, -0.25) is 19.6 Å². The molecule has 1 fully saturated rings. The molecule has 11 heteroatoms. The van der Waals surface area contributed by atoms with Crippen molar-refractivity contribution in [2.24, 2.45) is 0 Å². The van der Waals surface area contributed by atoms with E-state index in [0.717, 1.165) is 12.3 Å². The summed E-state index contributed by atoms with van der Waals surface area (Å²) in [6, 6.07) is 3.54. The van der Waals surface area contributed by atoms with E-state index >= 15 is 0 Å². The monoisotopic (exact) mass is 415 g/mol. The molecular formula is C17H20ClF2N5O3. The normalized spacial score (nSPS) is 18.9. The molecule has 2 aromatic rings. The molecule has 0 bridgehead atoms. The highest BCUT2D eigenvalue weighted by Crippen LogP contribution is 2.27. The topological polar surface area (TPSA) is 102 Å². The van der Waals surface area contributed by atoms with Gasteiger partial charge in [-0.25, -0.2) is 8.78 Å². The summed E-state index contributed by atoms with van der Waals surface area (Å²) in [5, 5.41) is 20.6. The maximum atomic E-state index is 13.6. The van der Waals surface area contributed by atoms with Crippen molar-refractivity contribution >= 4 is 24.0 Å². The Morgan fingerprint density at radius 3 is 2.86 bits per heavy atom. The molecule has 1 aliphatic rings. The summed E-state index contributed by atoms with van der Waals surface area (Å²) in [5.74, 6) is -2.18. The molecule has 1 aromatic carbocycles. The van der Waals surface area contributed by atoms with E-state index in [1.165, 1.54) is 23.0 Å². The van der Waals surface area contributed by atoms with Crippen LogP contribution in [0.4, 0.5) is 14.5 Å². The van der Waals surface area contributed by atoms with Crippen LogP contribution in [0.15, 0.2) is 30.6 Å². The predicted octanol–water partition coefficient (Wildman–Crippen LogP) is 2.14. The summed E-state index contributed by atoms with van der Waals surface area (Å²) in [4.78, 5) is 22.4. The quantitative estimate of drug-likeness (QED) is 0.556. The van der Waals surface area contributed by atoms with Gasteiger partial charge in [-0.1, -0.05) is 6.07 Å². The lowest BCUT2D eigenvalue weighted by molar-refractivity contribution is -0.385. The molecule has 28 heavy (non-hydrogen) atoms. The minimum atomic E-state index is -0.906. The number of rotatable bonds is 6. The summed E-state index contributed by atoms with van der Waals surface area (Å²) >= 11 is 0. The molecule has 3 rings (SSSR count). The van der Waals surface area contributed by atoms with E-state index in [1.807, 2.05) is 0 Å². The highest BCUT2D eigenvalue weighted by Gasteiger charge is 2.28. The number of nitrogens with one attached hydrogen (secondary N) is 2. The van der Waals surface area contributed by atoms with E-state index in [0.29, 0.717) is 25.1 Å². The van der Waals surface area contributed by atoms with E-state index in [4.69, 9.17) is 0 Å². The molecule has 2 heterocycles. The SMILES string of the molecule is Cl.O=C(CCn1cc([N+](=O)[O-])cn1)NC1CNCCC1c1ccc(F)c(F)c1. The standard InChI is InChI=1S/C17H19F2N5O3.ClH/c18-14-2-1-11(7-15(14)19)13-3-5-20-9-16(13)22-17(25)4-6-23-10-12(8-21-23)24(26)27;/h1-2,7-8,10,13,16,20H,3-6,9H2,(H,22,25);1H. The number of aromatic nitrogens is 2. The van der Waals surface area contributed by atoms with E-state index in [2.05, 4.69) is 15.7 Å². The Bertz CT molecular complexity index is 848. The average molecular weight is 416 g/mol. The Balaban J connectivity index is 0.00000280. The van der Waals surface area contributed by atoms with Crippen LogP contribution >= 0.6 is 12.4 Å². The first-order valence-electron chi connectivity index (χ1n) is 8.56. The molecule has 1 saturated heterocycles. The van der Waals surface area contributed by atoms with Gasteiger partial charge in [0.15, 0.2) is 11.6 Å². The third kappa shape index (κ3) is 5.23. The lowest BCUT2D eigenvalue weighted by Crippen LogP contribution is -2.50. The van der Waals surface area contributed by atoms with Crippen molar-refractivity contribution in [2.45, 2.75) is 31.3 Å². The third-order valence-corrected chi connectivity index (χ3v) is 4.60. The van der Waals surface area contributed by atoms with Crippen molar-refractivity contribution in [3.63, 3.8) is 0 Å². The average Bonchev–Trinajstić information content (AvgIpc) is 3.12. The van der Waals surface area contributed by atoms with Crippen molar-refractivity contribution in [1.82, 2.24) is 20.4 Å². The zero-order valence-electron chi connectivity index (χ0n) is 14.8. The van der Waals surface area contributed by atoms with E-state index in [-0.39, 0.29) is 48.9 Å². The van der Waals surface area contributed by atoms with E-state index in [1.54, 1.807) is 0 Å². The fourth-order valence-corrected chi connectivity index (χ4v) is 3.22. The number of piperidine rings is 1. The van der Waals surface area contributed by atoms with Gasteiger partial charge in [-0.15, -0.1) is 12.4 Å². The first-order valence-corrected chi connectivity index (χ1v) is 8.56. The first kappa shape index (κ1) is 21.7. The Kier molecular flexibility index (Phi) is 7.41. The molecule has 2 N–H and O–H groups in total. The van der Waals surface area contributed by atoms with Gasteiger partial charge in [0, 0.05) is 31.5 Å². The van der Waals surface area contributed by atoms with Crippen molar-refractivity contribution in [2.75, 3.05) is 13.1 Å². The molecule has 1 aliphatic heterocycles. The van der Waals surface area contributed by atoms with Crippen LogP contribution in [0.25, 0.3) is 0 Å². The van der Waals surface area contributed by atoms with Gasteiger partial charge in [-0.2, -0.15) is 5.10 Å². The number of carbonyl (C=O) groups excluding carboxylic acids is 1. The molecule has 2 unspecified atom stereocenters. The number of halogens is 3. The van der Waals surface area contributed by atoms with Crippen molar-refractivity contribution in [3.05, 3.63) is 57.9 Å². The van der Waals surface area contributed by atoms with Crippen molar-refractivity contribution in [3.8, 4) is 0 Å². The number of amides is 1. The highest BCUT2D eigenvalue weighted by molar-refractivity contribution is 5.85. The van der Waals surface area contributed by atoms with Crippen LogP contribution < -0.4 is 10.6 Å². The molecule has 152 valence electrons. The van der Waals surface area contributed by atoms with Gasteiger partial charge < -0.3 is 10.6 Å². The Morgan fingerprint density at radius 2 is 2.18 bits per heavy atom. The van der Waals surface area contributed by atoms with Gasteiger partial charge in [0.25, 0.3) is 0 Å². The summed E-state index contributed by atoms with van der Waals surface area (Å²) in [6.07, 6.45) is 3.17. The molecule has 0 spiro atoms. The van der Waals surface area contributed by atoms with E-state index in [9.17, 15) is 23.7 Å². The largest absolute Gasteiger partial charge is 0.351 e. The summed E-state index contributed by atoms with van der Waals surface area (Å²) < 4.78 is 28.1. The molecular weight excluding hydrogens is 396 g/mol. The highest BCUT2D eigenvalue weighted by atomic mass is 35.5. The van der Waals surface area contributed by atoms with Gasteiger partial charge in [0.2, 0.25) is 5.91 Å². The zero-order valence-corrected chi connectivity index (χ0v) is 15.6. The Labute approximate surface area is 165 Å². The van der Waals surface area contributed by atoms with Crippen LogP contribution in [0.1, 0.15) is 24.3 Å². The number of benzene rings is 1. The van der Waals surface area contributed by atoms with Gasteiger partial charge >= 0.3 is 5.69 Å². The molecule has 0 saturated carbocycles. The molecule has 0 aliphatic carbocycles. The zero-order chi connectivity index (χ0) is 19.4. The van der Waals surface area contributed by atoms with Crippen LogP contribution in [0.2, 0.25) is 0 Å². The Morgan fingerprint density at radius 1 is 1.39 bits per heavy atom. The second kappa shape index (κ2) is 9.56. The lowest BCUT2D eigenvalue weighted by atomic mass is 9.86. The van der Waals surface area contributed by atoms with Crippen LogP contribution in [-0.4, -0.2) is 39.7 Å². The summed E-state index contributed by atoms with van der Waals surface area (Å²) in [7, 11) is 0. The molecule has 2 atom stereocenters. The summed E-state index contributed by atoms with van der Waals surface area (Å²) in [5.41, 5.74) is 0.508. The van der Waals surface area contributed by atoms with Gasteiger partial charge in [-0.05, 0) is 30.7 Å². The third-order valence-electron chi connectivity index (χ3n) is 4.60. The maximum Gasteiger partial charge on any atom is 0.306 e. The minimum Gasteiger partial charge on any atom is -0.351 e. The second-order valence-corrected chi connectivity index (χ2v) is 6.42. The fraction of sp³-hybridized carbons (Fsp3) is 0.412. The number of nitrogens with zero attached hydrogens (tertiary/aromatic N) is 3. The minimum absolute atomic E-state index is 0. The van der Waals surface area contributed by atoms with Crippen LogP contribution in [0.5, 0.6) is 0 Å². The molecule has 1 aromatic heterocycles. The van der Waals surface area contributed by atoms with Crippen LogP contribution in [0, 0.1) is 21.7 Å². The maximum absolute atomic E-state index is 13.6. The van der Waals surface area contributed by atoms with Gasteiger partial charge in [0.1, 0.15) is 12.4 Å². The number of carbonyl (C=O) groups is 1. The smallest absolute Gasteiger partial charge is 0.306 e. The van der Waals surface area contributed by atoms with Crippen molar-refractivity contribution < 1.29 is 18.5 Å². The van der Waals surface area contributed by atoms with Crippen LogP contribution in [-0.2, 0) is 11.3 Å². The summed E-state index contributed by atoms with van der Waals surface area (Å²) in [6.45, 7) is 1.44. The number of hydrogen-bond donors (Lipinski definition) is 2. The first-order chi connectivity index (χ1) is 12.9. The van der Waals surface area contributed by atoms with Crippen LogP contribution in [0.3, 0.4) is 0 Å². The lowest BCUT2D eigenvalue weighted by Gasteiger charge is -2.33. The van der Waals surface area contributed by atoms with Crippen molar-refractivity contribution in [1.29, 1.82) is 0 Å².